The first-order chi connectivity index (χ1) is 28.1. The largest absolute Gasteiger partial charge is 0.508 e. The van der Waals surface area contributed by atoms with E-state index in [0.29, 0.717) is 5.56 Å². The maximum atomic E-state index is 13.9. The molecule has 0 aliphatic carbocycles. The number of phenolic OH excluding ortho intramolecular Hbond substituents is 5. The summed E-state index contributed by atoms with van der Waals surface area (Å²) < 4.78 is 34.1. The number of carbonyl (C=O) groups is 1. The molecule has 20 heteroatoms. The molecule has 6 rings (SSSR count). The Morgan fingerprint density at radius 2 is 1.42 bits per heavy atom. The van der Waals surface area contributed by atoms with Gasteiger partial charge in [-0.3, -0.25) is 4.79 Å². The Morgan fingerprint density at radius 1 is 0.729 bits per heavy atom. The van der Waals surface area contributed by atoms with Crippen molar-refractivity contribution in [2.24, 2.45) is 0 Å². The van der Waals surface area contributed by atoms with E-state index in [1.54, 1.807) is 0 Å². The normalized spacial score (nSPS) is 27.2. The summed E-state index contributed by atoms with van der Waals surface area (Å²) in [5, 5.41) is 122. The van der Waals surface area contributed by atoms with E-state index in [0.717, 1.165) is 30.3 Å². The van der Waals surface area contributed by atoms with Crippen LogP contribution in [0.1, 0.15) is 18.4 Å². The van der Waals surface area contributed by atoms with Gasteiger partial charge in [-0.15, -0.1) is 0 Å². The van der Waals surface area contributed by atoms with Gasteiger partial charge >= 0.3 is 5.97 Å². The van der Waals surface area contributed by atoms with E-state index in [-0.39, 0.29) is 47.5 Å². The second-order valence-electron chi connectivity index (χ2n) is 13.8. The van der Waals surface area contributed by atoms with Crippen molar-refractivity contribution in [1.82, 2.24) is 0 Å². The van der Waals surface area contributed by atoms with E-state index < -0.39 is 120 Å². The van der Waals surface area contributed by atoms with Crippen LogP contribution >= 0.6 is 0 Å². The van der Waals surface area contributed by atoms with Gasteiger partial charge in [0.2, 0.25) is 11.2 Å². The van der Waals surface area contributed by atoms with Crippen LogP contribution in [0.3, 0.4) is 0 Å². The second kappa shape index (κ2) is 18.2. The molecular weight excluding hydrogens is 788 g/mol. The van der Waals surface area contributed by atoms with E-state index in [4.69, 9.17) is 28.1 Å². The number of benzene rings is 3. The van der Waals surface area contributed by atoms with E-state index in [2.05, 4.69) is 0 Å². The number of hydrogen-bond donors (Lipinski definition) is 12. The SMILES string of the molecule is O=C(/C=C/c1ccc(O)c(O)c1)Oc1cc(-c2oc3cc(O)cc(O)c3c(=O)c2OCCC[C@@H]2OC(CO)[C@@H](O)[C@H](O)C2O[C@@H]2OC(CO)[C@@H](O)[C@H](O)C2O)ccc1O. The van der Waals surface area contributed by atoms with Crippen molar-refractivity contribution in [2.75, 3.05) is 19.8 Å². The summed E-state index contributed by atoms with van der Waals surface area (Å²) in [5.41, 5.74) is -0.827. The molecule has 20 nitrogen and oxygen atoms in total. The number of aliphatic hydroxyl groups is 7. The molecule has 12 N–H and O–H groups in total. The molecule has 2 fully saturated rings. The molecule has 2 saturated heterocycles. The predicted octanol–water partition coefficient (Wildman–Crippen LogP) is -0.568. The molecule has 10 atom stereocenters. The number of carbonyl (C=O) groups excluding carboxylic acids is 1. The van der Waals surface area contributed by atoms with E-state index >= 15 is 0 Å². The molecule has 0 bridgehead atoms. The van der Waals surface area contributed by atoms with Crippen molar-refractivity contribution < 1.29 is 94.2 Å². The Morgan fingerprint density at radius 3 is 2.14 bits per heavy atom. The molecule has 1 aromatic heterocycles. The topological polar surface area (TPSA) is 336 Å². The highest BCUT2D eigenvalue weighted by molar-refractivity contribution is 5.90. The molecule has 0 amide bonds. The van der Waals surface area contributed by atoms with Crippen LogP contribution in [-0.4, -0.2) is 148 Å². The summed E-state index contributed by atoms with van der Waals surface area (Å²) in [7, 11) is 0. The maximum Gasteiger partial charge on any atom is 0.336 e. The molecule has 2 aliphatic rings. The molecular formula is C39H42O20. The summed E-state index contributed by atoms with van der Waals surface area (Å²) in [6.45, 7) is -1.80. The zero-order valence-corrected chi connectivity index (χ0v) is 30.7. The highest BCUT2D eigenvalue weighted by atomic mass is 16.7. The monoisotopic (exact) mass is 830 g/mol. The van der Waals surface area contributed by atoms with Crippen LogP contribution in [0.2, 0.25) is 0 Å². The number of fused-ring (bicyclic) bond motifs is 1. The lowest BCUT2D eigenvalue weighted by atomic mass is 9.92. The van der Waals surface area contributed by atoms with Crippen molar-refractivity contribution in [2.45, 2.75) is 74.1 Å². The highest BCUT2D eigenvalue weighted by Crippen LogP contribution is 2.39. The fourth-order valence-corrected chi connectivity index (χ4v) is 6.64. The van der Waals surface area contributed by atoms with Gasteiger partial charge < -0.3 is 89.4 Å². The summed E-state index contributed by atoms with van der Waals surface area (Å²) in [6, 6.07) is 9.33. The number of ether oxygens (including phenoxy) is 5. The number of aromatic hydroxyl groups is 5. The summed E-state index contributed by atoms with van der Waals surface area (Å²) >= 11 is 0. The standard InChI is InChI=1S/C39H42O20/c40-14-26-31(49)34(52)37(59-39-35(53)33(51)30(48)27(15-41)58-39)23(55-26)2-1-9-54-38-32(50)29-22(46)12-18(42)13-25(29)57-36(38)17-5-7-20(44)24(11-17)56-28(47)8-4-16-3-6-19(43)21(45)10-16/h3-8,10-13,23,26-27,30-31,33-35,37,39-46,48-49,51-53H,1-2,9,14-15H2/b8-4+/t23-,26?,27?,30+,31+,33-,34-,35?,37?,39-/m0/s1. The first-order valence-corrected chi connectivity index (χ1v) is 18.1. The fraction of sp³-hybridized carbons (Fsp3) is 0.385. The van der Waals surface area contributed by atoms with Gasteiger partial charge in [-0.2, -0.15) is 0 Å². The van der Waals surface area contributed by atoms with Crippen LogP contribution in [0.25, 0.3) is 28.4 Å². The minimum atomic E-state index is -1.86. The van der Waals surface area contributed by atoms with Gasteiger partial charge in [-0.05, 0) is 54.8 Å². The summed E-state index contributed by atoms with van der Waals surface area (Å²) in [5.74, 6) is -4.53. The molecule has 0 radical (unpaired) electrons. The maximum absolute atomic E-state index is 13.9. The highest BCUT2D eigenvalue weighted by Gasteiger charge is 2.50. The van der Waals surface area contributed by atoms with Gasteiger partial charge in [0.25, 0.3) is 0 Å². The molecule has 318 valence electrons. The van der Waals surface area contributed by atoms with Gasteiger partial charge in [-0.25, -0.2) is 4.79 Å². The van der Waals surface area contributed by atoms with Crippen LogP contribution in [0.15, 0.2) is 63.8 Å². The van der Waals surface area contributed by atoms with E-state index in [1.165, 1.54) is 30.3 Å². The fourth-order valence-electron chi connectivity index (χ4n) is 6.64. The van der Waals surface area contributed by atoms with Crippen molar-refractivity contribution in [3.63, 3.8) is 0 Å². The van der Waals surface area contributed by atoms with Gasteiger partial charge in [0, 0.05) is 23.8 Å². The quantitative estimate of drug-likeness (QED) is 0.0264. The van der Waals surface area contributed by atoms with Gasteiger partial charge in [0.15, 0.2) is 35.0 Å². The molecule has 2 aliphatic heterocycles. The van der Waals surface area contributed by atoms with Gasteiger partial charge in [-0.1, -0.05) is 6.07 Å². The lowest BCUT2D eigenvalue weighted by Crippen LogP contribution is -2.64. The number of aliphatic hydroxyl groups excluding tert-OH is 7. The Bertz CT molecular complexity index is 2220. The zero-order valence-electron chi connectivity index (χ0n) is 30.7. The smallest absolute Gasteiger partial charge is 0.336 e. The summed E-state index contributed by atoms with van der Waals surface area (Å²) in [6.07, 6.45) is -13.7. The van der Waals surface area contributed by atoms with E-state index in [9.17, 15) is 70.9 Å². The molecule has 3 heterocycles. The van der Waals surface area contributed by atoms with Gasteiger partial charge in [0.1, 0.15) is 71.3 Å². The third-order valence-electron chi connectivity index (χ3n) is 9.74. The van der Waals surface area contributed by atoms with Crippen molar-refractivity contribution in [3.8, 4) is 51.6 Å². The Balaban J connectivity index is 1.24. The first-order valence-electron chi connectivity index (χ1n) is 18.1. The Labute approximate surface area is 332 Å². The molecule has 0 saturated carbocycles. The lowest BCUT2D eigenvalue weighted by Gasteiger charge is -2.46. The van der Waals surface area contributed by atoms with Gasteiger partial charge in [0.05, 0.1) is 25.9 Å². The average Bonchev–Trinajstić information content (AvgIpc) is 3.20. The minimum absolute atomic E-state index is 0.0117. The number of esters is 1. The average molecular weight is 831 g/mol. The van der Waals surface area contributed by atoms with Crippen LogP contribution in [-0.2, 0) is 19.0 Å². The first kappa shape index (κ1) is 43.1. The van der Waals surface area contributed by atoms with Crippen molar-refractivity contribution >= 4 is 23.0 Å². The second-order valence-corrected chi connectivity index (χ2v) is 13.8. The molecule has 0 spiro atoms. The molecule has 59 heavy (non-hydrogen) atoms. The number of hydrogen-bond acceptors (Lipinski definition) is 20. The van der Waals surface area contributed by atoms with Crippen LogP contribution in [0, 0.1) is 0 Å². The minimum Gasteiger partial charge on any atom is -0.508 e. The zero-order chi connectivity index (χ0) is 42.7. The predicted molar refractivity (Wildman–Crippen MR) is 198 cm³/mol. The van der Waals surface area contributed by atoms with Crippen LogP contribution in [0.5, 0.6) is 40.2 Å². The Hall–Kier alpha value is -5.52. The van der Waals surface area contributed by atoms with Crippen molar-refractivity contribution in [3.05, 3.63) is 70.4 Å². The Kier molecular flexibility index (Phi) is 13.3. The third-order valence-corrected chi connectivity index (χ3v) is 9.74. The molecule has 4 aromatic rings. The molecule has 3 aromatic carbocycles. The third kappa shape index (κ3) is 9.21. The van der Waals surface area contributed by atoms with Crippen molar-refractivity contribution in [1.29, 1.82) is 0 Å². The molecule has 4 unspecified atom stereocenters. The number of phenols is 5. The van der Waals surface area contributed by atoms with Crippen LogP contribution in [0.4, 0.5) is 0 Å². The van der Waals surface area contributed by atoms with E-state index in [1.807, 2.05) is 0 Å². The van der Waals surface area contributed by atoms with Crippen LogP contribution < -0.4 is 14.9 Å². The lowest BCUT2D eigenvalue weighted by molar-refractivity contribution is -0.341. The number of rotatable bonds is 13. The summed E-state index contributed by atoms with van der Waals surface area (Å²) in [4.78, 5) is 26.6.